The Labute approximate surface area is 627 Å². The summed E-state index contributed by atoms with van der Waals surface area (Å²) < 4.78 is 141. The molecule has 4 aliphatic rings. The molecule has 44 nitrogen and oxygen atoms in total. The number of hydrogen-bond donors (Lipinski definition) is 2. The topological polar surface area (TPSA) is 553 Å². The van der Waals surface area contributed by atoms with E-state index in [0.29, 0.717) is 0 Å². The molecule has 2 N–H and O–H groups in total. The Morgan fingerprint density at radius 2 is 0.527 bits per heavy atom. The summed E-state index contributed by atoms with van der Waals surface area (Å²) in [6, 6.07) is -3.90. The fraction of sp³-hybridized carbons (Fsp3) is 0.727. The number of esters is 16. The average molecular weight is 1590 g/mol. The summed E-state index contributed by atoms with van der Waals surface area (Å²) in [6.07, 6.45) is -46.7. The van der Waals surface area contributed by atoms with E-state index in [4.69, 9.17) is 114 Å². The van der Waals surface area contributed by atoms with Crippen molar-refractivity contribution < 1.29 is 200 Å². The van der Waals surface area contributed by atoms with Gasteiger partial charge in [-0.2, -0.15) is 0 Å². The second kappa shape index (κ2) is 43.5. The van der Waals surface area contributed by atoms with Crippen LogP contribution >= 0.6 is 0 Å². The van der Waals surface area contributed by atoms with Gasteiger partial charge in [-0.05, 0) is 0 Å². The third-order valence-electron chi connectivity index (χ3n) is 15.2. The summed E-state index contributed by atoms with van der Waals surface area (Å²) in [5.74, 6) is -19.7. The second-order valence-corrected chi connectivity index (χ2v) is 24.7. The Morgan fingerprint density at radius 3 is 0.882 bits per heavy atom. The number of amides is 2. The molecule has 2 amide bonds. The molecule has 4 aliphatic heterocycles. The number of ether oxygens (including phenoxy) is 24. The van der Waals surface area contributed by atoms with Crippen LogP contribution in [0.1, 0.15) is 125 Å². The molecule has 4 heterocycles. The van der Waals surface area contributed by atoms with Crippen LogP contribution in [-0.2, 0) is 200 Å². The molecule has 0 aliphatic carbocycles. The normalized spacial score (nSPS) is 28.6. The fourth-order valence-electron chi connectivity index (χ4n) is 11.7. The van der Waals surface area contributed by atoms with Crippen LogP contribution in [0, 0.1) is 0 Å². The van der Waals surface area contributed by atoms with Gasteiger partial charge in [0, 0.05) is 125 Å². The lowest BCUT2D eigenvalue weighted by atomic mass is 9.93. The number of hydrogen-bond acceptors (Lipinski definition) is 42. The molecule has 0 aromatic heterocycles. The van der Waals surface area contributed by atoms with E-state index >= 15 is 0 Å². The molecule has 0 radical (unpaired) electrons. The van der Waals surface area contributed by atoms with E-state index in [0.717, 1.165) is 125 Å². The molecule has 0 aromatic rings. The van der Waals surface area contributed by atoms with Crippen LogP contribution < -0.4 is 10.6 Å². The van der Waals surface area contributed by atoms with Crippen LogP contribution in [0.25, 0.3) is 0 Å². The van der Waals surface area contributed by atoms with Crippen molar-refractivity contribution in [3.8, 4) is 0 Å². The molecule has 0 unspecified atom stereocenters. The molecule has 0 aromatic carbocycles. The number of carbonyl (C=O) groups excluding carboxylic acids is 18. The predicted octanol–water partition coefficient (Wildman–Crippen LogP) is -2.87. The van der Waals surface area contributed by atoms with Gasteiger partial charge in [0.25, 0.3) is 0 Å². The summed E-state index contributed by atoms with van der Waals surface area (Å²) in [5, 5.41) is 5.03. The molecule has 0 bridgehead atoms. The Bertz CT molecular complexity index is 3320. The van der Waals surface area contributed by atoms with Crippen molar-refractivity contribution >= 4 is 107 Å². The molecule has 110 heavy (non-hydrogen) atoms. The lowest BCUT2D eigenvalue weighted by Crippen LogP contribution is -2.72. The van der Waals surface area contributed by atoms with E-state index < -0.39 is 294 Å². The van der Waals surface area contributed by atoms with Gasteiger partial charge in [0.05, 0.1) is 0 Å². The van der Waals surface area contributed by atoms with Gasteiger partial charge in [-0.25, -0.2) is 0 Å². The smallest absolute Gasteiger partial charge is 0.303 e. The minimum atomic E-state index is -2.44. The highest BCUT2D eigenvalue weighted by Gasteiger charge is 2.62. The van der Waals surface area contributed by atoms with Crippen LogP contribution in [0.3, 0.4) is 0 Å². The fourth-order valence-corrected chi connectivity index (χ4v) is 11.7. The van der Waals surface area contributed by atoms with Gasteiger partial charge in [-0.1, -0.05) is 0 Å². The first kappa shape index (κ1) is 92.5. The first-order valence-electron chi connectivity index (χ1n) is 33.7. The monoisotopic (exact) mass is 1580 g/mol. The van der Waals surface area contributed by atoms with E-state index in [9.17, 15) is 86.3 Å². The molecule has 4 fully saturated rings. The quantitative estimate of drug-likeness (QED) is 0.0476. The molecule has 4 saturated heterocycles. The van der Waals surface area contributed by atoms with Crippen molar-refractivity contribution in [2.75, 3.05) is 39.6 Å². The van der Waals surface area contributed by atoms with Crippen molar-refractivity contribution in [3.63, 3.8) is 0 Å². The van der Waals surface area contributed by atoms with Crippen molar-refractivity contribution in [1.82, 2.24) is 10.6 Å². The first-order chi connectivity index (χ1) is 51.3. The maximum absolute atomic E-state index is 13.8. The maximum Gasteiger partial charge on any atom is 0.303 e. The van der Waals surface area contributed by atoms with Gasteiger partial charge in [0.2, 0.25) is 11.8 Å². The SMILES string of the molecule is CC(=O)N[C@H]1[C@@H](O[C@@H]2[C@@H](NC(C)=O)[C@H](O[C@H]3[C@@H](OC(C)=O)[C@@H](COC(C)=O)O[C@@H](O[C@@H]4[C@H](OC(C)=O)[C@@H](OC(C)=O)[C@H](O[C@@H]([C@H](OC(C)=O)[C@H](COC(C)=O)OC(C)=O)[C@@H](COC(C)=O)OC(C)=O)O[C@@H]4COC(C)=O)[C@@H]3OC(C)=O)O[C@H](COC(C)=O)[C@@H]2OC(C)=O)O[C@H](COC(C)=O)[C@H](OC(C)=O)[C@@H]1OC(C)=O. The van der Waals surface area contributed by atoms with Crippen LogP contribution in [-0.4, -0.2) is 294 Å². The number of carbonyl (C=O) groups is 18. The van der Waals surface area contributed by atoms with Crippen LogP contribution in [0.15, 0.2) is 0 Å². The van der Waals surface area contributed by atoms with Gasteiger partial charge in [-0.15, -0.1) is 0 Å². The number of nitrogens with one attached hydrogen (secondary N) is 2. The summed E-state index contributed by atoms with van der Waals surface area (Å²) in [5.41, 5.74) is 0. The Kier molecular flexibility index (Phi) is 36.6. The Morgan fingerprint density at radius 1 is 0.255 bits per heavy atom. The van der Waals surface area contributed by atoms with Gasteiger partial charge in [0.1, 0.15) is 101 Å². The van der Waals surface area contributed by atoms with Crippen molar-refractivity contribution in [2.45, 2.75) is 272 Å². The van der Waals surface area contributed by atoms with E-state index in [1.165, 1.54) is 0 Å². The molecule has 0 spiro atoms. The van der Waals surface area contributed by atoms with Gasteiger partial charge >= 0.3 is 95.5 Å². The minimum absolute atomic E-state index is 0.807. The molecule has 44 heteroatoms. The van der Waals surface area contributed by atoms with Gasteiger partial charge < -0.3 is 124 Å². The molecular formula is C66H92N2O42. The highest BCUT2D eigenvalue weighted by atomic mass is 16.8. The Hall–Kier alpha value is -9.86. The van der Waals surface area contributed by atoms with Crippen molar-refractivity contribution in [1.29, 1.82) is 0 Å². The third kappa shape index (κ3) is 29.8. The zero-order chi connectivity index (χ0) is 82.9. The zero-order valence-electron chi connectivity index (χ0n) is 63.2. The summed E-state index contributed by atoms with van der Waals surface area (Å²) in [7, 11) is 0. The van der Waals surface area contributed by atoms with E-state index in [-0.39, 0.29) is 0 Å². The Balaban J connectivity index is 2.18. The lowest BCUT2D eigenvalue weighted by molar-refractivity contribution is -0.383. The molecule has 0 saturated carbocycles. The van der Waals surface area contributed by atoms with Crippen molar-refractivity contribution in [2.24, 2.45) is 0 Å². The van der Waals surface area contributed by atoms with Gasteiger partial charge in [0.15, 0.2) is 86.2 Å². The summed E-state index contributed by atoms with van der Waals surface area (Å²) in [6.45, 7) is 10.4. The highest BCUT2D eigenvalue weighted by molar-refractivity contribution is 5.75. The molecular weight excluding hydrogens is 1490 g/mol. The van der Waals surface area contributed by atoms with E-state index in [1.807, 2.05) is 0 Å². The van der Waals surface area contributed by atoms with E-state index in [2.05, 4.69) is 10.6 Å². The molecule has 24 atom stereocenters. The third-order valence-corrected chi connectivity index (χ3v) is 15.2. The highest BCUT2D eigenvalue weighted by Crippen LogP contribution is 2.40. The summed E-state index contributed by atoms with van der Waals surface area (Å²) >= 11 is 0. The lowest BCUT2D eigenvalue weighted by Gasteiger charge is -2.52. The molecule has 4 rings (SSSR count). The van der Waals surface area contributed by atoms with Crippen LogP contribution in [0.5, 0.6) is 0 Å². The average Bonchev–Trinajstić information content (AvgIpc) is 0.757. The van der Waals surface area contributed by atoms with Crippen molar-refractivity contribution in [3.05, 3.63) is 0 Å². The maximum atomic E-state index is 13.8. The van der Waals surface area contributed by atoms with Crippen LogP contribution in [0.4, 0.5) is 0 Å². The largest absolute Gasteiger partial charge is 0.463 e. The zero-order valence-corrected chi connectivity index (χ0v) is 63.2. The molecule has 618 valence electrons. The number of rotatable bonds is 35. The standard InChI is InChI=1S/C66H92N2O42/c1-25(69)67-49-57(99-39(15)83)53(96-36(12)80)45(21-89-29(5)73)103-63(49)109-58-50(68-26(2)70)64(104-46(22-90-30(6)74)54(58)97-37(13)81)110-60-55(98-38(14)82)47(23-91-31(7)75)105-66(62(60)102-42(18)86)108-56-48(24-92-32(8)76)106-65(61(101-41(17)85)59(56)100-40(16)84)107-52(44(94-34(10)78)20-88-28(4)72)51(95-35(11)79)43(93-33(9)77)19-87-27(3)71/h43-66H,19-24H2,1-18H3,(H,67,69)(H,68,70)/t43-,44+,45+,46+,47+,48+,49+,50+,51+,52+,53-,54-,55-,56-,57+,58+,59-,60-,61+,62+,63+,64-,65-,66-/m0/s1. The summed E-state index contributed by atoms with van der Waals surface area (Å²) in [4.78, 5) is 236. The minimum Gasteiger partial charge on any atom is -0.463 e. The van der Waals surface area contributed by atoms with Crippen LogP contribution in [0.2, 0.25) is 0 Å². The first-order valence-corrected chi connectivity index (χ1v) is 33.7. The van der Waals surface area contributed by atoms with E-state index in [1.54, 1.807) is 0 Å². The predicted molar refractivity (Wildman–Crippen MR) is 345 cm³/mol. The second-order valence-electron chi connectivity index (χ2n) is 24.7. The van der Waals surface area contributed by atoms with Gasteiger partial charge in [-0.3, -0.25) is 86.3 Å².